The minimum atomic E-state index is -0.449. The molecule has 0 atom stereocenters. The maximum absolute atomic E-state index is 13.1. The zero-order chi connectivity index (χ0) is 20.1. The number of esters is 1. The predicted octanol–water partition coefficient (Wildman–Crippen LogP) is 4.95. The Bertz CT molecular complexity index is 1080. The van der Waals surface area contributed by atoms with Gasteiger partial charge in [-0.3, -0.25) is 4.79 Å². The summed E-state index contributed by atoms with van der Waals surface area (Å²) in [5.74, 6) is -0.0794. The van der Waals surface area contributed by atoms with E-state index in [-0.39, 0.29) is 5.82 Å². The van der Waals surface area contributed by atoms with Crippen molar-refractivity contribution in [3.05, 3.63) is 64.2 Å². The Labute approximate surface area is 165 Å². The molecule has 7 heteroatoms. The number of nitrogens with zero attached hydrogens (tertiary/aromatic N) is 2. The van der Waals surface area contributed by atoms with Crippen LogP contribution in [0.5, 0.6) is 11.5 Å². The van der Waals surface area contributed by atoms with E-state index in [1.165, 1.54) is 37.5 Å². The smallest absolute Gasteiger partial charge is 0.308 e. The second-order valence-corrected chi connectivity index (χ2v) is 6.58. The topological polar surface area (TPSA) is 72.2 Å². The van der Waals surface area contributed by atoms with Gasteiger partial charge in [-0.1, -0.05) is 6.07 Å². The largest absolute Gasteiger partial charge is 0.493 e. The fourth-order valence-corrected chi connectivity index (χ4v) is 3.27. The van der Waals surface area contributed by atoms with E-state index in [1.807, 2.05) is 5.38 Å². The summed E-state index contributed by atoms with van der Waals surface area (Å²) >= 11 is 1.33. The van der Waals surface area contributed by atoms with Crippen LogP contribution in [0.2, 0.25) is 0 Å². The Morgan fingerprint density at radius 3 is 2.61 bits per heavy atom. The Morgan fingerprint density at radius 2 is 1.96 bits per heavy atom. The van der Waals surface area contributed by atoms with Crippen LogP contribution in [0, 0.1) is 17.1 Å². The van der Waals surface area contributed by atoms with Gasteiger partial charge < -0.3 is 9.47 Å². The van der Waals surface area contributed by atoms with E-state index in [9.17, 15) is 14.4 Å². The summed E-state index contributed by atoms with van der Waals surface area (Å²) in [4.78, 5) is 15.6. The fourth-order valence-electron chi connectivity index (χ4n) is 2.47. The van der Waals surface area contributed by atoms with E-state index in [0.29, 0.717) is 33.3 Å². The maximum atomic E-state index is 13.1. The lowest BCUT2D eigenvalue weighted by Crippen LogP contribution is -2.03. The number of allylic oxidation sites excluding steroid dienone is 1. The lowest BCUT2D eigenvalue weighted by molar-refractivity contribution is -0.132. The Kier molecular flexibility index (Phi) is 5.82. The highest BCUT2D eigenvalue weighted by atomic mass is 32.1. The number of nitriles is 1. The van der Waals surface area contributed by atoms with Crippen LogP contribution in [0.1, 0.15) is 17.5 Å². The summed E-state index contributed by atoms with van der Waals surface area (Å²) in [6.45, 7) is 1.31. The number of thiazole rings is 1. The lowest BCUT2D eigenvalue weighted by Gasteiger charge is -2.08. The standard InChI is InChI=1S/C21H15FN2O3S/c1-13(25)27-19-8-3-14(10-20(19)26-2)9-16(11-23)21-24-18(12-28-21)15-4-6-17(22)7-5-15/h3-10,12H,1-2H3/b16-9-. The van der Waals surface area contributed by atoms with E-state index in [4.69, 9.17) is 9.47 Å². The minimum Gasteiger partial charge on any atom is -0.493 e. The first-order chi connectivity index (χ1) is 13.5. The molecule has 140 valence electrons. The van der Waals surface area contributed by atoms with Gasteiger partial charge in [0.2, 0.25) is 0 Å². The van der Waals surface area contributed by atoms with Crippen molar-refractivity contribution in [1.29, 1.82) is 5.26 Å². The Balaban J connectivity index is 1.91. The van der Waals surface area contributed by atoms with Gasteiger partial charge in [-0.25, -0.2) is 9.37 Å². The van der Waals surface area contributed by atoms with Gasteiger partial charge in [-0.15, -0.1) is 11.3 Å². The van der Waals surface area contributed by atoms with Crippen molar-refractivity contribution in [2.45, 2.75) is 6.92 Å². The second-order valence-electron chi connectivity index (χ2n) is 5.72. The van der Waals surface area contributed by atoms with Gasteiger partial charge in [0, 0.05) is 17.9 Å². The van der Waals surface area contributed by atoms with Crippen LogP contribution < -0.4 is 9.47 Å². The van der Waals surface area contributed by atoms with Gasteiger partial charge in [0.05, 0.1) is 18.4 Å². The number of aromatic nitrogens is 1. The van der Waals surface area contributed by atoms with Crippen LogP contribution in [0.3, 0.4) is 0 Å². The number of benzene rings is 2. The molecule has 28 heavy (non-hydrogen) atoms. The Hall–Kier alpha value is -3.50. The van der Waals surface area contributed by atoms with Crippen molar-refractivity contribution in [3.63, 3.8) is 0 Å². The number of methoxy groups -OCH3 is 1. The molecule has 5 nitrogen and oxygen atoms in total. The molecule has 0 aliphatic rings. The lowest BCUT2D eigenvalue weighted by atomic mass is 10.1. The Morgan fingerprint density at radius 1 is 1.21 bits per heavy atom. The van der Waals surface area contributed by atoms with Crippen molar-refractivity contribution in [3.8, 4) is 28.8 Å². The third-order valence-corrected chi connectivity index (χ3v) is 4.62. The first kappa shape index (κ1) is 19.3. The molecule has 0 bridgehead atoms. The number of halogens is 1. The quantitative estimate of drug-likeness (QED) is 0.348. The first-order valence-corrected chi connectivity index (χ1v) is 9.08. The van der Waals surface area contributed by atoms with Crippen LogP contribution in [0.4, 0.5) is 4.39 Å². The summed E-state index contributed by atoms with van der Waals surface area (Å²) in [5.41, 5.74) is 2.51. The summed E-state index contributed by atoms with van der Waals surface area (Å²) in [7, 11) is 1.47. The number of rotatable bonds is 5. The molecule has 0 N–H and O–H groups in total. The minimum absolute atomic E-state index is 0.304. The molecule has 0 aliphatic heterocycles. The molecule has 3 rings (SSSR count). The molecule has 0 unspecified atom stereocenters. The predicted molar refractivity (Wildman–Crippen MR) is 105 cm³/mol. The molecule has 0 amide bonds. The zero-order valence-corrected chi connectivity index (χ0v) is 15.9. The molecule has 0 aliphatic carbocycles. The molecule has 3 aromatic rings. The third kappa shape index (κ3) is 4.42. The van der Waals surface area contributed by atoms with Crippen LogP contribution in [0.15, 0.2) is 47.8 Å². The van der Waals surface area contributed by atoms with Gasteiger partial charge in [0.25, 0.3) is 0 Å². The van der Waals surface area contributed by atoms with Gasteiger partial charge in [-0.2, -0.15) is 5.26 Å². The van der Waals surface area contributed by atoms with E-state index >= 15 is 0 Å². The molecule has 0 radical (unpaired) electrons. The van der Waals surface area contributed by atoms with Gasteiger partial charge in [0.1, 0.15) is 16.9 Å². The maximum Gasteiger partial charge on any atom is 0.308 e. The van der Waals surface area contributed by atoms with E-state index in [1.54, 1.807) is 36.4 Å². The number of carbonyl (C=O) groups excluding carboxylic acids is 1. The summed E-state index contributed by atoms with van der Waals surface area (Å²) in [6.07, 6.45) is 1.67. The van der Waals surface area contributed by atoms with Gasteiger partial charge in [-0.05, 0) is 48.0 Å². The number of hydrogen-bond acceptors (Lipinski definition) is 6. The number of ether oxygens (including phenoxy) is 2. The van der Waals surface area contributed by atoms with Crippen LogP contribution in [-0.2, 0) is 4.79 Å². The summed E-state index contributed by atoms with van der Waals surface area (Å²) in [6, 6.07) is 13.2. The molecule has 1 aromatic heterocycles. The number of hydrogen-bond donors (Lipinski definition) is 0. The SMILES string of the molecule is COc1cc(/C=C(/C#N)c2nc(-c3ccc(F)cc3)cs2)ccc1OC(C)=O. The first-order valence-electron chi connectivity index (χ1n) is 8.20. The van der Waals surface area contributed by atoms with Crippen molar-refractivity contribution in [2.75, 3.05) is 7.11 Å². The molecule has 1 heterocycles. The molecule has 0 fully saturated rings. The van der Waals surface area contributed by atoms with Crippen LogP contribution in [-0.4, -0.2) is 18.1 Å². The highest BCUT2D eigenvalue weighted by molar-refractivity contribution is 7.11. The van der Waals surface area contributed by atoms with Crippen molar-refractivity contribution in [1.82, 2.24) is 4.98 Å². The molecule has 0 saturated heterocycles. The molecular weight excluding hydrogens is 379 g/mol. The van der Waals surface area contributed by atoms with Crippen LogP contribution >= 0.6 is 11.3 Å². The third-order valence-electron chi connectivity index (χ3n) is 3.75. The normalized spacial score (nSPS) is 11.0. The summed E-state index contributed by atoms with van der Waals surface area (Å²) in [5, 5.41) is 11.9. The van der Waals surface area contributed by atoms with E-state index in [2.05, 4.69) is 11.1 Å². The van der Waals surface area contributed by atoms with Crippen molar-refractivity contribution in [2.24, 2.45) is 0 Å². The van der Waals surface area contributed by atoms with E-state index < -0.39 is 5.97 Å². The molecule has 0 saturated carbocycles. The monoisotopic (exact) mass is 394 g/mol. The average Bonchev–Trinajstić information content (AvgIpc) is 3.17. The van der Waals surface area contributed by atoms with E-state index in [0.717, 1.165) is 5.56 Å². The fraction of sp³-hybridized carbons (Fsp3) is 0.0952. The van der Waals surface area contributed by atoms with Crippen LogP contribution in [0.25, 0.3) is 22.9 Å². The number of carbonyl (C=O) groups is 1. The molecular formula is C21H15FN2O3S. The molecule has 0 spiro atoms. The van der Waals surface area contributed by atoms with Gasteiger partial charge >= 0.3 is 5.97 Å². The van der Waals surface area contributed by atoms with Crippen molar-refractivity contribution < 1.29 is 18.7 Å². The molecule has 2 aromatic carbocycles. The summed E-state index contributed by atoms with van der Waals surface area (Å²) < 4.78 is 23.4. The second kappa shape index (κ2) is 8.46. The van der Waals surface area contributed by atoms with Crippen molar-refractivity contribution >= 4 is 29.0 Å². The highest BCUT2D eigenvalue weighted by Crippen LogP contribution is 2.31. The average molecular weight is 394 g/mol. The zero-order valence-electron chi connectivity index (χ0n) is 15.1. The van der Waals surface area contributed by atoms with Gasteiger partial charge in [0.15, 0.2) is 11.5 Å². The highest BCUT2D eigenvalue weighted by Gasteiger charge is 2.11.